The van der Waals surface area contributed by atoms with Crippen LogP contribution in [0, 0.1) is 12.8 Å². The van der Waals surface area contributed by atoms with Gasteiger partial charge in [0, 0.05) is 11.4 Å². The fraction of sp³-hybridized carbons (Fsp3) is 0.500. The highest BCUT2D eigenvalue weighted by Gasteiger charge is 2.27. The monoisotopic (exact) mass is 331 g/mol. The quantitative estimate of drug-likeness (QED) is 0.875. The maximum atomic E-state index is 11.4. The first-order valence-corrected chi connectivity index (χ1v) is 9.32. The van der Waals surface area contributed by atoms with Gasteiger partial charge in [0.1, 0.15) is 10.6 Å². The fourth-order valence-corrected chi connectivity index (χ4v) is 5.39. The normalized spacial score (nSPS) is 21.4. The van der Waals surface area contributed by atoms with Crippen LogP contribution in [0.3, 0.4) is 0 Å². The van der Waals surface area contributed by atoms with Gasteiger partial charge in [0.05, 0.1) is 16.9 Å². The van der Waals surface area contributed by atoms with Gasteiger partial charge in [-0.1, -0.05) is 0 Å². The predicted octanol–water partition coefficient (Wildman–Crippen LogP) is 2.50. The minimum Gasteiger partial charge on any atom is -0.369 e. The van der Waals surface area contributed by atoms with Crippen LogP contribution in [0.1, 0.15) is 11.3 Å². The fourth-order valence-electron chi connectivity index (χ4n) is 2.42. The number of hydrogen-bond donors (Lipinski definition) is 1. The van der Waals surface area contributed by atoms with E-state index in [4.69, 9.17) is 11.6 Å². The first kappa shape index (κ1) is 14.0. The number of nitrogens with one attached hydrogen (secondary N) is 1. The lowest BCUT2D eigenvalue weighted by Crippen LogP contribution is -2.16. The molecule has 2 aromatic rings. The predicted molar refractivity (Wildman–Crippen MR) is 82.4 cm³/mol. The van der Waals surface area contributed by atoms with E-state index in [-0.39, 0.29) is 22.7 Å². The standard InChI is InChI=1S/C12H14ClN3O2S2/c1-7-4-9-10(15-12(13)16-11(9)19-7)14-5-8-2-3-20(17,18)6-8/h4,8H,2-3,5-6H2,1H3,(H,14,15,16). The summed E-state index contributed by atoms with van der Waals surface area (Å²) in [5.74, 6) is 1.37. The molecule has 3 rings (SSSR count). The van der Waals surface area contributed by atoms with Crippen molar-refractivity contribution in [1.29, 1.82) is 0 Å². The summed E-state index contributed by atoms with van der Waals surface area (Å²) in [6.45, 7) is 2.60. The third-order valence-electron chi connectivity index (χ3n) is 3.37. The summed E-state index contributed by atoms with van der Waals surface area (Å²) in [6.07, 6.45) is 0.708. The maximum Gasteiger partial charge on any atom is 0.225 e. The van der Waals surface area contributed by atoms with Crippen LogP contribution in [0.4, 0.5) is 5.82 Å². The Bertz CT molecular complexity index is 757. The van der Waals surface area contributed by atoms with Crippen LogP contribution >= 0.6 is 22.9 Å². The van der Waals surface area contributed by atoms with Gasteiger partial charge in [-0.25, -0.2) is 18.4 Å². The molecule has 0 aliphatic carbocycles. The maximum absolute atomic E-state index is 11.4. The van der Waals surface area contributed by atoms with Crippen LogP contribution in [0.5, 0.6) is 0 Å². The van der Waals surface area contributed by atoms with E-state index in [1.54, 1.807) is 11.3 Å². The Balaban J connectivity index is 1.81. The first-order chi connectivity index (χ1) is 9.43. The molecule has 20 heavy (non-hydrogen) atoms. The van der Waals surface area contributed by atoms with Crippen LogP contribution in [0.15, 0.2) is 6.07 Å². The van der Waals surface area contributed by atoms with E-state index < -0.39 is 9.84 Å². The van der Waals surface area contributed by atoms with Gasteiger partial charge in [-0.3, -0.25) is 0 Å². The topological polar surface area (TPSA) is 72.0 Å². The highest BCUT2D eigenvalue weighted by molar-refractivity contribution is 7.91. The van der Waals surface area contributed by atoms with Crippen molar-refractivity contribution in [3.05, 3.63) is 16.2 Å². The summed E-state index contributed by atoms with van der Waals surface area (Å²) in [6, 6.07) is 2.02. The highest BCUT2D eigenvalue weighted by Crippen LogP contribution is 2.30. The molecule has 0 amide bonds. The second-order valence-corrected chi connectivity index (χ2v) is 8.87. The van der Waals surface area contributed by atoms with E-state index in [0.29, 0.717) is 18.8 Å². The Kier molecular flexibility index (Phi) is 3.60. The zero-order valence-corrected chi connectivity index (χ0v) is 13.3. The lowest BCUT2D eigenvalue weighted by molar-refractivity contribution is 0.596. The minimum absolute atomic E-state index is 0.142. The Labute approximate surface area is 126 Å². The largest absolute Gasteiger partial charge is 0.369 e. The second-order valence-electron chi connectivity index (χ2n) is 5.07. The Morgan fingerprint density at radius 3 is 3.00 bits per heavy atom. The van der Waals surface area contributed by atoms with Crippen molar-refractivity contribution in [1.82, 2.24) is 9.97 Å². The lowest BCUT2D eigenvalue weighted by Gasteiger charge is -2.10. The number of fused-ring (bicyclic) bond motifs is 1. The molecular formula is C12H14ClN3O2S2. The van der Waals surface area contributed by atoms with E-state index in [1.807, 2.05) is 13.0 Å². The number of hydrogen-bond acceptors (Lipinski definition) is 6. The van der Waals surface area contributed by atoms with Crippen LogP contribution < -0.4 is 5.32 Å². The van der Waals surface area contributed by atoms with Gasteiger partial charge in [-0.2, -0.15) is 0 Å². The Morgan fingerprint density at radius 1 is 1.50 bits per heavy atom. The van der Waals surface area contributed by atoms with Crippen molar-refractivity contribution in [3.8, 4) is 0 Å². The molecule has 0 aromatic carbocycles. The number of anilines is 1. The summed E-state index contributed by atoms with van der Waals surface area (Å²) in [7, 11) is -2.84. The van der Waals surface area contributed by atoms with Gasteiger partial charge >= 0.3 is 0 Å². The van der Waals surface area contributed by atoms with E-state index in [1.165, 1.54) is 0 Å². The molecular weight excluding hydrogens is 318 g/mol. The average Bonchev–Trinajstić information content (AvgIpc) is 2.88. The van der Waals surface area contributed by atoms with E-state index in [9.17, 15) is 8.42 Å². The Hall–Kier alpha value is -0.920. The summed E-state index contributed by atoms with van der Waals surface area (Å²) >= 11 is 7.49. The molecule has 1 fully saturated rings. The van der Waals surface area contributed by atoms with Crippen molar-refractivity contribution < 1.29 is 8.42 Å². The molecule has 1 saturated heterocycles. The SMILES string of the molecule is Cc1cc2c(NCC3CCS(=O)(=O)C3)nc(Cl)nc2s1. The van der Waals surface area contributed by atoms with Crippen LogP contribution in [0.2, 0.25) is 5.28 Å². The number of rotatable bonds is 3. The molecule has 1 atom stereocenters. The molecule has 2 aromatic heterocycles. The molecule has 1 aliphatic heterocycles. The molecule has 8 heteroatoms. The third kappa shape index (κ3) is 2.89. The summed E-state index contributed by atoms with van der Waals surface area (Å²) in [4.78, 5) is 10.4. The molecule has 5 nitrogen and oxygen atoms in total. The van der Waals surface area contributed by atoms with Crippen molar-refractivity contribution >= 4 is 48.8 Å². The van der Waals surface area contributed by atoms with Gasteiger partial charge in [0.15, 0.2) is 9.84 Å². The Morgan fingerprint density at radius 2 is 2.30 bits per heavy atom. The molecule has 0 radical (unpaired) electrons. The van der Waals surface area contributed by atoms with Crippen LogP contribution in [-0.2, 0) is 9.84 Å². The lowest BCUT2D eigenvalue weighted by atomic mass is 10.1. The highest BCUT2D eigenvalue weighted by atomic mass is 35.5. The second kappa shape index (κ2) is 5.13. The van der Waals surface area contributed by atoms with E-state index in [2.05, 4.69) is 15.3 Å². The summed E-state index contributed by atoms with van der Waals surface area (Å²) in [5, 5.41) is 4.38. The van der Waals surface area contributed by atoms with Crippen molar-refractivity contribution in [2.45, 2.75) is 13.3 Å². The van der Waals surface area contributed by atoms with E-state index in [0.717, 1.165) is 15.1 Å². The molecule has 3 heterocycles. The molecule has 108 valence electrons. The smallest absolute Gasteiger partial charge is 0.225 e. The molecule has 1 N–H and O–H groups in total. The van der Waals surface area contributed by atoms with Gasteiger partial charge in [0.25, 0.3) is 0 Å². The number of halogens is 1. The molecule has 0 saturated carbocycles. The molecule has 0 spiro atoms. The van der Waals surface area contributed by atoms with Crippen molar-refractivity contribution in [2.75, 3.05) is 23.4 Å². The van der Waals surface area contributed by atoms with Crippen molar-refractivity contribution in [3.63, 3.8) is 0 Å². The zero-order valence-electron chi connectivity index (χ0n) is 10.9. The van der Waals surface area contributed by atoms with Gasteiger partial charge in [-0.15, -0.1) is 11.3 Å². The van der Waals surface area contributed by atoms with Crippen LogP contribution in [0.25, 0.3) is 10.2 Å². The van der Waals surface area contributed by atoms with Crippen LogP contribution in [-0.4, -0.2) is 36.4 Å². The number of aromatic nitrogens is 2. The van der Waals surface area contributed by atoms with Gasteiger partial charge in [0.2, 0.25) is 5.28 Å². The minimum atomic E-state index is -2.84. The molecule has 0 bridgehead atoms. The molecule has 1 aliphatic rings. The van der Waals surface area contributed by atoms with Gasteiger partial charge in [-0.05, 0) is 36.9 Å². The molecule has 1 unspecified atom stereocenters. The number of sulfone groups is 1. The van der Waals surface area contributed by atoms with Gasteiger partial charge < -0.3 is 5.32 Å². The number of aryl methyl sites for hydroxylation is 1. The van der Waals surface area contributed by atoms with Crippen molar-refractivity contribution in [2.24, 2.45) is 5.92 Å². The number of nitrogens with zero attached hydrogens (tertiary/aromatic N) is 2. The van der Waals surface area contributed by atoms with E-state index >= 15 is 0 Å². The summed E-state index contributed by atoms with van der Waals surface area (Å²) < 4.78 is 22.9. The first-order valence-electron chi connectivity index (χ1n) is 6.31. The summed E-state index contributed by atoms with van der Waals surface area (Å²) in [5.41, 5.74) is 0. The average molecular weight is 332 g/mol. The zero-order chi connectivity index (χ0) is 14.3. The number of thiophene rings is 1. The third-order valence-corrected chi connectivity index (χ3v) is 6.32.